The zero-order valence-corrected chi connectivity index (χ0v) is 17.1. The molecule has 1 N–H and O–H groups in total. The molecular formula is C13H33NO6Si2. The Labute approximate surface area is 137 Å². The molecule has 7 nitrogen and oxygen atoms in total. The van der Waals surface area contributed by atoms with Crippen LogP contribution < -0.4 is 5.32 Å². The Morgan fingerprint density at radius 3 is 1.45 bits per heavy atom. The van der Waals surface area contributed by atoms with Gasteiger partial charge < -0.3 is 31.9 Å². The van der Waals surface area contributed by atoms with Crippen LogP contribution in [-0.4, -0.2) is 73.4 Å². The molecule has 0 saturated heterocycles. The van der Waals surface area contributed by atoms with Crippen molar-refractivity contribution in [3.8, 4) is 0 Å². The summed E-state index contributed by atoms with van der Waals surface area (Å²) in [5.74, 6) is 0. The summed E-state index contributed by atoms with van der Waals surface area (Å²) in [5.41, 5.74) is 0. The average Bonchev–Trinajstić information content (AvgIpc) is 2.57. The maximum Gasteiger partial charge on any atom is 0.508 e. The second-order valence-corrected chi connectivity index (χ2v) is 11.7. The highest BCUT2D eigenvalue weighted by Gasteiger charge is 2.63. The summed E-state index contributed by atoms with van der Waals surface area (Å²) in [5, 5.41) is 3.22. The number of unbranched alkanes of at least 4 members (excludes halogenated alkanes) is 1. The van der Waals surface area contributed by atoms with Gasteiger partial charge in [0.1, 0.15) is 5.16 Å². The van der Waals surface area contributed by atoms with Crippen LogP contribution in [0.3, 0.4) is 0 Å². The lowest BCUT2D eigenvalue weighted by Gasteiger charge is -2.39. The van der Waals surface area contributed by atoms with Gasteiger partial charge in [-0.25, -0.2) is 0 Å². The van der Waals surface area contributed by atoms with Gasteiger partial charge in [0.2, 0.25) is 0 Å². The minimum absolute atomic E-state index is 0.200. The Kier molecular flexibility index (Phi) is 11.7. The molecule has 0 heterocycles. The monoisotopic (exact) mass is 355 g/mol. The Morgan fingerprint density at radius 1 is 0.727 bits per heavy atom. The van der Waals surface area contributed by atoms with Crippen LogP contribution in [0, 0.1) is 0 Å². The lowest BCUT2D eigenvalue weighted by molar-refractivity contribution is 0.0783. The van der Waals surface area contributed by atoms with E-state index in [2.05, 4.69) is 12.2 Å². The molecule has 0 aromatic rings. The predicted molar refractivity (Wildman–Crippen MR) is 89.7 cm³/mol. The van der Waals surface area contributed by atoms with Gasteiger partial charge in [-0.05, 0) is 25.9 Å². The van der Waals surface area contributed by atoms with Gasteiger partial charge in [-0.3, -0.25) is 0 Å². The third-order valence-corrected chi connectivity index (χ3v) is 11.7. The van der Waals surface area contributed by atoms with Crippen LogP contribution in [0.1, 0.15) is 26.2 Å². The Morgan fingerprint density at radius 2 is 1.14 bits per heavy atom. The number of rotatable bonds is 14. The fraction of sp³-hybridized carbons (Fsp3) is 1.00. The van der Waals surface area contributed by atoms with Crippen molar-refractivity contribution in [1.29, 1.82) is 0 Å². The molecule has 0 unspecified atom stereocenters. The molecular weight excluding hydrogens is 322 g/mol. The minimum atomic E-state index is -2.97. The highest BCUT2D eigenvalue weighted by Crippen LogP contribution is 2.37. The molecule has 0 radical (unpaired) electrons. The van der Waals surface area contributed by atoms with E-state index in [0.717, 1.165) is 32.4 Å². The van der Waals surface area contributed by atoms with Gasteiger partial charge in [-0.15, -0.1) is 0 Å². The van der Waals surface area contributed by atoms with Crippen LogP contribution in [0.5, 0.6) is 0 Å². The van der Waals surface area contributed by atoms with E-state index in [1.54, 1.807) is 42.7 Å². The lowest BCUT2D eigenvalue weighted by Crippen LogP contribution is -2.62. The van der Waals surface area contributed by atoms with E-state index in [1.165, 1.54) is 0 Å². The Balaban J connectivity index is 5.20. The first-order chi connectivity index (χ1) is 10.6. The molecule has 9 heteroatoms. The molecule has 0 aliphatic rings. The van der Waals surface area contributed by atoms with Crippen LogP contribution in [0.25, 0.3) is 0 Å². The van der Waals surface area contributed by atoms with Crippen LogP contribution in [0.4, 0.5) is 0 Å². The molecule has 0 atom stereocenters. The van der Waals surface area contributed by atoms with Crippen molar-refractivity contribution >= 4 is 17.6 Å². The zero-order chi connectivity index (χ0) is 17.1. The molecule has 0 rings (SSSR count). The van der Waals surface area contributed by atoms with Crippen molar-refractivity contribution in [3.05, 3.63) is 0 Å². The predicted octanol–water partition coefficient (Wildman–Crippen LogP) is 1.43. The third kappa shape index (κ3) is 5.36. The van der Waals surface area contributed by atoms with Crippen LogP contribution in [0.15, 0.2) is 0 Å². The molecule has 0 aliphatic carbocycles. The topological polar surface area (TPSA) is 67.4 Å². The second-order valence-electron chi connectivity index (χ2n) is 4.88. The quantitative estimate of drug-likeness (QED) is 0.373. The van der Waals surface area contributed by atoms with Crippen molar-refractivity contribution < 1.29 is 26.6 Å². The molecule has 0 amide bonds. The van der Waals surface area contributed by atoms with E-state index in [4.69, 9.17) is 26.6 Å². The first-order valence-electron chi connectivity index (χ1n) is 7.57. The summed E-state index contributed by atoms with van der Waals surface area (Å²) in [6.45, 7) is 3.94. The van der Waals surface area contributed by atoms with Crippen molar-refractivity contribution in [2.75, 3.05) is 55.7 Å². The standard InChI is InChI=1S/C13H33NO6Si2/c1-8-9-11-14-12-10-13(21(15-2,16-3)17-4)22(18-5,19-6)20-7/h13-14H,8-12H2,1-7H3. The lowest BCUT2D eigenvalue weighted by atomic mass is 10.3. The number of hydrogen-bond donors (Lipinski definition) is 1. The van der Waals surface area contributed by atoms with Gasteiger partial charge in [-0.2, -0.15) is 0 Å². The van der Waals surface area contributed by atoms with E-state index >= 15 is 0 Å². The van der Waals surface area contributed by atoms with Crippen molar-refractivity contribution in [3.63, 3.8) is 0 Å². The molecule has 0 spiro atoms. The maximum atomic E-state index is 5.65. The first-order valence-corrected chi connectivity index (χ1v) is 11.2. The van der Waals surface area contributed by atoms with Gasteiger partial charge in [0, 0.05) is 42.7 Å². The number of nitrogens with one attached hydrogen (secondary N) is 1. The average molecular weight is 356 g/mol. The van der Waals surface area contributed by atoms with Gasteiger partial charge in [0.05, 0.1) is 0 Å². The first kappa shape index (κ1) is 22.2. The SMILES string of the molecule is CCCCNCCC([Si](OC)(OC)OC)[Si](OC)(OC)OC. The maximum absolute atomic E-state index is 5.65. The Bertz CT molecular complexity index is 241. The molecule has 0 aliphatic heterocycles. The minimum Gasteiger partial charge on any atom is -0.377 e. The van der Waals surface area contributed by atoms with Crippen LogP contribution in [0.2, 0.25) is 5.16 Å². The van der Waals surface area contributed by atoms with E-state index in [9.17, 15) is 0 Å². The van der Waals surface area contributed by atoms with Gasteiger partial charge in [-0.1, -0.05) is 13.3 Å². The van der Waals surface area contributed by atoms with Gasteiger partial charge >= 0.3 is 17.6 Å². The number of hydrogen-bond acceptors (Lipinski definition) is 7. The summed E-state index contributed by atoms with van der Waals surface area (Å²) in [6.07, 6.45) is 3.04. The fourth-order valence-electron chi connectivity index (χ4n) is 2.60. The summed E-state index contributed by atoms with van der Waals surface area (Å²) >= 11 is 0. The van der Waals surface area contributed by atoms with Crippen LogP contribution >= 0.6 is 0 Å². The largest absolute Gasteiger partial charge is 0.508 e. The highest BCUT2D eigenvalue weighted by atomic mass is 28.5. The van der Waals surface area contributed by atoms with E-state index in [-0.39, 0.29) is 5.16 Å². The van der Waals surface area contributed by atoms with Crippen molar-refractivity contribution in [2.24, 2.45) is 0 Å². The Hall–Kier alpha value is 0.154. The molecule has 0 saturated carbocycles. The van der Waals surface area contributed by atoms with E-state index < -0.39 is 17.6 Å². The van der Waals surface area contributed by atoms with E-state index in [0.29, 0.717) is 0 Å². The molecule has 0 bridgehead atoms. The van der Waals surface area contributed by atoms with E-state index in [1.807, 2.05) is 0 Å². The van der Waals surface area contributed by atoms with Gasteiger partial charge in [0.25, 0.3) is 0 Å². The summed E-state index contributed by atoms with van der Waals surface area (Å²) in [7, 11) is 3.63. The second kappa shape index (κ2) is 11.7. The van der Waals surface area contributed by atoms with Crippen molar-refractivity contribution in [1.82, 2.24) is 5.32 Å². The zero-order valence-electron chi connectivity index (χ0n) is 15.1. The molecule has 0 aromatic carbocycles. The third-order valence-electron chi connectivity index (χ3n) is 3.88. The summed E-state index contributed by atoms with van der Waals surface area (Å²) in [6, 6.07) is 0. The van der Waals surface area contributed by atoms with Crippen LogP contribution in [-0.2, 0) is 26.6 Å². The normalized spacial score (nSPS) is 13.1. The van der Waals surface area contributed by atoms with Gasteiger partial charge in [0.15, 0.2) is 0 Å². The molecule has 0 aromatic heterocycles. The molecule has 22 heavy (non-hydrogen) atoms. The summed E-state index contributed by atoms with van der Waals surface area (Å²) < 4.78 is 33.9. The fourth-order valence-corrected chi connectivity index (χ4v) is 10.2. The highest BCUT2D eigenvalue weighted by molar-refractivity contribution is 6.82. The molecule has 134 valence electrons. The van der Waals surface area contributed by atoms with Crippen molar-refractivity contribution in [2.45, 2.75) is 31.4 Å². The summed E-state index contributed by atoms with van der Waals surface area (Å²) in [4.78, 5) is 0. The molecule has 0 fully saturated rings. The smallest absolute Gasteiger partial charge is 0.377 e.